The number of nitrogens with two attached hydrogens (primary N) is 3. The average Bonchev–Trinajstić information content (AvgIpc) is 3.52. The largest absolute Gasteiger partial charge is 0.480 e. The number of aromatic amines is 1. The van der Waals surface area contributed by atoms with Crippen LogP contribution in [0.3, 0.4) is 0 Å². The number of H-pyrrole nitrogens is 1. The van der Waals surface area contributed by atoms with Crippen molar-refractivity contribution >= 4 is 29.6 Å². The number of hydrogen-bond donors (Lipinski definition) is 7. The fourth-order valence-electron chi connectivity index (χ4n) is 4.08. The Morgan fingerprint density at radius 2 is 1.92 bits per heavy atom. The maximum atomic E-state index is 13.1. The maximum Gasteiger partial charge on any atom is 0.326 e. The molecule has 4 unspecified atom stereocenters. The van der Waals surface area contributed by atoms with E-state index in [0.29, 0.717) is 44.5 Å². The minimum absolute atomic E-state index is 0.123. The number of carboxylic acid groups (broad SMARTS) is 1. The van der Waals surface area contributed by atoms with E-state index in [9.17, 15) is 29.1 Å². The number of nitrogens with zero attached hydrogens (tertiary/aromatic N) is 2. The standard InChI is InChI=1S/C22H36N8O6/c23-8-2-1-4-16(22(35)36)29-19(32)15(6-7-18(25)31)28-20(33)17-5-3-9-30(17)21(34)14(24)10-13-11-26-12-27-13/h11-12,14-17H,1-10,23-24H2,(H2,25,31)(H,26,27)(H,28,33)(H,29,32)(H,35,36). The molecule has 4 amide bonds. The van der Waals surface area contributed by atoms with Gasteiger partial charge in [-0.15, -0.1) is 0 Å². The van der Waals surface area contributed by atoms with Gasteiger partial charge in [0.05, 0.1) is 12.4 Å². The zero-order chi connectivity index (χ0) is 26.7. The second-order valence-corrected chi connectivity index (χ2v) is 8.83. The van der Waals surface area contributed by atoms with Gasteiger partial charge < -0.3 is 42.8 Å². The highest BCUT2D eigenvalue weighted by molar-refractivity contribution is 5.94. The summed E-state index contributed by atoms with van der Waals surface area (Å²) in [5.41, 5.74) is 17.4. The third kappa shape index (κ3) is 8.61. The summed E-state index contributed by atoms with van der Waals surface area (Å²) in [6.45, 7) is 0.716. The minimum atomic E-state index is -1.22. The summed E-state index contributed by atoms with van der Waals surface area (Å²) in [5.74, 6) is -3.65. The summed E-state index contributed by atoms with van der Waals surface area (Å²) in [7, 11) is 0. The highest BCUT2D eigenvalue weighted by atomic mass is 16.4. The van der Waals surface area contributed by atoms with Gasteiger partial charge in [-0.3, -0.25) is 19.2 Å². The first-order valence-electron chi connectivity index (χ1n) is 12.0. The van der Waals surface area contributed by atoms with Gasteiger partial charge in [-0.25, -0.2) is 9.78 Å². The van der Waals surface area contributed by atoms with Crippen molar-refractivity contribution < 1.29 is 29.1 Å². The molecule has 4 atom stereocenters. The molecule has 2 heterocycles. The number of carbonyl (C=O) groups excluding carboxylic acids is 4. The Morgan fingerprint density at radius 1 is 1.17 bits per heavy atom. The van der Waals surface area contributed by atoms with Crippen LogP contribution in [0.25, 0.3) is 0 Å². The van der Waals surface area contributed by atoms with Gasteiger partial charge in [0.25, 0.3) is 0 Å². The van der Waals surface area contributed by atoms with E-state index in [-0.39, 0.29) is 25.7 Å². The fraction of sp³-hybridized carbons (Fsp3) is 0.636. The number of rotatable bonds is 15. The van der Waals surface area contributed by atoms with E-state index in [1.807, 2.05) is 0 Å². The zero-order valence-electron chi connectivity index (χ0n) is 20.2. The van der Waals surface area contributed by atoms with Crippen molar-refractivity contribution in [3.05, 3.63) is 18.2 Å². The normalized spacial score (nSPS) is 17.7. The third-order valence-electron chi connectivity index (χ3n) is 6.02. The molecule has 0 radical (unpaired) electrons. The highest BCUT2D eigenvalue weighted by Crippen LogP contribution is 2.19. The molecular formula is C22H36N8O6. The van der Waals surface area contributed by atoms with Gasteiger partial charge in [-0.2, -0.15) is 0 Å². The van der Waals surface area contributed by atoms with E-state index in [2.05, 4.69) is 20.6 Å². The van der Waals surface area contributed by atoms with E-state index in [1.54, 1.807) is 6.20 Å². The SMILES string of the molecule is NCCCCC(NC(=O)C(CCC(N)=O)NC(=O)C1CCCN1C(=O)C(N)Cc1cnc[nH]1)C(=O)O. The smallest absolute Gasteiger partial charge is 0.326 e. The number of likely N-dealkylation sites (tertiary alicyclic amines) is 1. The molecule has 0 saturated carbocycles. The number of carboxylic acids is 1. The van der Waals surface area contributed by atoms with Crippen LogP contribution < -0.4 is 27.8 Å². The first-order valence-corrected chi connectivity index (χ1v) is 12.0. The van der Waals surface area contributed by atoms with Crippen LogP contribution >= 0.6 is 0 Å². The number of carbonyl (C=O) groups is 5. The van der Waals surface area contributed by atoms with Crippen LogP contribution in [-0.4, -0.2) is 86.8 Å². The van der Waals surface area contributed by atoms with E-state index >= 15 is 0 Å². The second-order valence-electron chi connectivity index (χ2n) is 8.83. The molecule has 0 aromatic carbocycles. The highest BCUT2D eigenvalue weighted by Gasteiger charge is 2.38. The molecule has 0 bridgehead atoms. The van der Waals surface area contributed by atoms with Gasteiger partial charge in [0.1, 0.15) is 18.1 Å². The van der Waals surface area contributed by atoms with Crippen LogP contribution in [0.5, 0.6) is 0 Å². The third-order valence-corrected chi connectivity index (χ3v) is 6.02. The van der Waals surface area contributed by atoms with Gasteiger partial charge >= 0.3 is 5.97 Å². The molecule has 1 fully saturated rings. The van der Waals surface area contributed by atoms with Crippen molar-refractivity contribution in [2.45, 2.75) is 75.5 Å². The summed E-state index contributed by atoms with van der Waals surface area (Å²) < 4.78 is 0. The van der Waals surface area contributed by atoms with Crippen LogP contribution in [0.15, 0.2) is 12.5 Å². The lowest BCUT2D eigenvalue weighted by molar-refractivity contribution is -0.143. The zero-order valence-corrected chi connectivity index (χ0v) is 20.2. The monoisotopic (exact) mass is 508 g/mol. The Balaban J connectivity index is 2.06. The molecule has 1 aliphatic rings. The predicted octanol–water partition coefficient (Wildman–Crippen LogP) is -2.28. The van der Waals surface area contributed by atoms with Crippen molar-refractivity contribution in [3.63, 3.8) is 0 Å². The molecule has 1 aliphatic heterocycles. The molecule has 1 aromatic rings. The van der Waals surface area contributed by atoms with E-state index < -0.39 is 53.8 Å². The van der Waals surface area contributed by atoms with Crippen LogP contribution in [0, 0.1) is 0 Å². The van der Waals surface area contributed by atoms with Gasteiger partial charge in [0.2, 0.25) is 23.6 Å². The summed E-state index contributed by atoms with van der Waals surface area (Å²) in [4.78, 5) is 70.0. The van der Waals surface area contributed by atoms with Gasteiger partial charge in [0.15, 0.2) is 0 Å². The van der Waals surface area contributed by atoms with E-state index in [1.165, 1.54) is 11.2 Å². The molecule has 10 N–H and O–H groups in total. The minimum Gasteiger partial charge on any atom is -0.480 e. The number of primary amides is 1. The Morgan fingerprint density at radius 3 is 2.53 bits per heavy atom. The van der Waals surface area contributed by atoms with Crippen LogP contribution in [0.4, 0.5) is 0 Å². The molecule has 2 rings (SSSR count). The van der Waals surface area contributed by atoms with Crippen molar-refractivity contribution in [3.8, 4) is 0 Å². The lowest BCUT2D eigenvalue weighted by atomic mass is 10.1. The van der Waals surface area contributed by atoms with E-state index in [0.717, 1.165) is 0 Å². The Bertz CT molecular complexity index is 908. The van der Waals surface area contributed by atoms with Crippen molar-refractivity contribution in [2.75, 3.05) is 13.1 Å². The van der Waals surface area contributed by atoms with Crippen LogP contribution in [-0.2, 0) is 30.4 Å². The first kappa shape index (κ1) is 28.7. The molecule has 14 nitrogen and oxygen atoms in total. The predicted molar refractivity (Wildman–Crippen MR) is 128 cm³/mol. The fourth-order valence-corrected chi connectivity index (χ4v) is 4.08. The molecule has 36 heavy (non-hydrogen) atoms. The number of hydrogen-bond acceptors (Lipinski definition) is 8. The van der Waals surface area contributed by atoms with Crippen molar-refractivity contribution in [2.24, 2.45) is 17.2 Å². The maximum absolute atomic E-state index is 13.1. The van der Waals surface area contributed by atoms with Crippen LogP contribution in [0.1, 0.15) is 50.6 Å². The van der Waals surface area contributed by atoms with Crippen LogP contribution in [0.2, 0.25) is 0 Å². The topological polar surface area (TPSA) is 240 Å². The van der Waals surface area contributed by atoms with Gasteiger partial charge in [0, 0.05) is 31.3 Å². The van der Waals surface area contributed by atoms with Crippen molar-refractivity contribution in [1.29, 1.82) is 0 Å². The van der Waals surface area contributed by atoms with E-state index in [4.69, 9.17) is 17.2 Å². The quantitative estimate of drug-likeness (QED) is 0.126. The number of nitrogens with one attached hydrogen (secondary N) is 3. The summed E-state index contributed by atoms with van der Waals surface area (Å²) in [6, 6.07) is -4.13. The molecule has 0 spiro atoms. The Labute approximate surface area is 208 Å². The average molecular weight is 509 g/mol. The lowest BCUT2D eigenvalue weighted by Crippen LogP contribution is -2.56. The second kappa shape index (κ2) is 14.1. The van der Waals surface area contributed by atoms with Gasteiger partial charge in [-0.05, 0) is 45.1 Å². The number of aliphatic carboxylic acids is 1. The molecule has 14 heteroatoms. The molecule has 200 valence electrons. The van der Waals surface area contributed by atoms with Crippen molar-refractivity contribution in [1.82, 2.24) is 25.5 Å². The molecule has 0 aliphatic carbocycles. The summed E-state index contributed by atoms with van der Waals surface area (Å²) in [5, 5.41) is 14.4. The van der Waals surface area contributed by atoms with Gasteiger partial charge in [-0.1, -0.05) is 0 Å². The molecular weight excluding hydrogens is 472 g/mol. The number of aromatic nitrogens is 2. The summed E-state index contributed by atoms with van der Waals surface area (Å²) >= 11 is 0. The number of amides is 4. The Hall–Kier alpha value is -3.52. The number of unbranched alkanes of at least 4 members (excludes halogenated alkanes) is 1. The summed E-state index contributed by atoms with van der Waals surface area (Å²) in [6.07, 6.45) is 5.11. The molecule has 1 saturated heterocycles. The first-order chi connectivity index (χ1) is 17.1. The Kier molecular flexibility index (Phi) is 11.3. The lowest BCUT2D eigenvalue weighted by Gasteiger charge is -2.28. The molecule has 1 aromatic heterocycles. The number of imidazole rings is 1.